The second-order valence-electron chi connectivity index (χ2n) is 9.04. The summed E-state index contributed by atoms with van der Waals surface area (Å²) in [6.45, 7) is 4.41. The molecule has 0 spiro atoms. The highest BCUT2D eigenvalue weighted by atomic mass is 32.2. The summed E-state index contributed by atoms with van der Waals surface area (Å²) >= 11 is 0. The minimum atomic E-state index is -5.08. The summed E-state index contributed by atoms with van der Waals surface area (Å²) in [6.07, 6.45) is -1.85. The summed E-state index contributed by atoms with van der Waals surface area (Å²) in [5, 5.41) is 7.12. The third kappa shape index (κ3) is 7.82. The quantitative estimate of drug-likeness (QED) is 0.487. The fourth-order valence-electron chi connectivity index (χ4n) is 3.93. The SMILES string of the molecule is CC1(N2CCC(COc3ccc(-c4ccc(S(C)(=O)=O)cc4)cc3)CC2)N=C(N)ON1.O=C(O)C(F)(F)F. The lowest BCUT2D eigenvalue weighted by atomic mass is 9.97. The van der Waals surface area contributed by atoms with Crippen LogP contribution >= 0.6 is 0 Å². The first-order valence-electron chi connectivity index (χ1n) is 11.6. The van der Waals surface area contributed by atoms with E-state index in [9.17, 15) is 21.6 Å². The van der Waals surface area contributed by atoms with E-state index in [4.69, 9.17) is 25.2 Å². The van der Waals surface area contributed by atoms with Crippen molar-refractivity contribution in [3.8, 4) is 16.9 Å². The monoisotopic (exact) mass is 558 g/mol. The number of hydrogen-bond acceptors (Lipinski definition) is 9. The van der Waals surface area contributed by atoms with Gasteiger partial charge < -0.3 is 20.4 Å². The van der Waals surface area contributed by atoms with Gasteiger partial charge in [0.2, 0.25) is 5.79 Å². The van der Waals surface area contributed by atoms with Gasteiger partial charge in [-0.15, -0.1) is 5.48 Å². The van der Waals surface area contributed by atoms with Crippen LogP contribution in [0.2, 0.25) is 0 Å². The Morgan fingerprint density at radius 1 is 1.16 bits per heavy atom. The molecule has 2 aromatic carbocycles. The fourth-order valence-corrected chi connectivity index (χ4v) is 4.56. The van der Waals surface area contributed by atoms with E-state index in [1.165, 1.54) is 6.26 Å². The molecule has 0 aliphatic carbocycles. The number of nitrogens with two attached hydrogens (primary N) is 1. The van der Waals surface area contributed by atoms with Gasteiger partial charge in [-0.25, -0.2) is 13.2 Å². The van der Waals surface area contributed by atoms with Crippen molar-refractivity contribution in [2.24, 2.45) is 16.6 Å². The topological polar surface area (TPSA) is 144 Å². The second-order valence-corrected chi connectivity index (χ2v) is 11.1. The summed E-state index contributed by atoms with van der Waals surface area (Å²) in [4.78, 5) is 20.9. The molecule has 0 amide bonds. The lowest BCUT2D eigenvalue weighted by molar-refractivity contribution is -0.192. The molecule has 1 atom stereocenters. The van der Waals surface area contributed by atoms with E-state index in [1.54, 1.807) is 12.1 Å². The van der Waals surface area contributed by atoms with Crippen molar-refractivity contribution in [1.82, 2.24) is 10.4 Å². The molecule has 10 nitrogen and oxygen atoms in total. The first-order chi connectivity index (χ1) is 17.7. The molecule has 208 valence electrons. The zero-order valence-electron chi connectivity index (χ0n) is 20.7. The molecule has 1 fully saturated rings. The second kappa shape index (κ2) is 11.6. The Labute approximate surface area is 218 Å². The van der Waals surface area contributed by atoms with Gasteiger partial charge in [0, 0.05) is 19.3 Å². The highest BCUT2D eigenvalue weighted by Crippen LogP contribution is 2.28. The Morgan fingerprint density at radius 3 is 2.08 bits per heavy atom. The van der Waals surface area contributed by atoms with Crippen LogP contribution in [0.25, 0.3) is 11.1 Å². The van der Waals surface area contributed by atoms with Crippen LogP contribution in [-0.2, 0) is 19.5 Å². The van der Waals surface area contributed by atoms with Gasteiger partial charge in [-0.2, -0.15) is 18.2 Å². The molecule has 14 heteroatoms. The zero-order valence-corrected chi connectivity index (χ0v) is 21.6. The molecule has 0 radical (unpaired) electrons. The molecule has 2 aliphatic heterocycles. The van der Waals surface area contributed by atoms with Gasteiger partial charge in [0.1, 0.15) is 5.75 Å². The van der Waals surface area contributed by atoms with Gasteiger partial charge in [0.05, 0.1) is 11.5 Å². The largest absolute Gasteiger partial charge is 0.493 e. The number of carboxylic acids is 1. The third-order valence-electron chi connectivity index (χ3n) is 6.11. The standard InChI is InChI=1S/C22H28N4O4S.C2HF3O2/c1-22(24-21(23)30-25-22)26-13-11-16(12-14-26)15-29-19-7-3-17(4-8-19)18-5-9-20(10-6-18)31(2,27)28;3-2(4,5)1(6)7/h3-10,16,25H,11-15H2,1-2H3,(H2,23,24);(H,6,7). The zero-order chi connectivity index (χ0) is 28.1. The van der Waals surface area contributed by atoms with E-state index >= 15 is 0 Å². The Bertz CT molecular complexity index is 1250. The Morgan fingerprint density at radius 2 is 1.66 bits per heavy atom. The van der Waals surface area contributed by atoms with Crippen molar-refractivity contribution in [2.75, 3.05) is 26.0 Å². The number of hydrogen-bond donors (Lipinski definition) is 3. The van der Waals surface area contributed by atoms with Crippen molar-refractivity contribution >= 4 is 21.8 Å². The Balaban J connectivity index is 0.000000505. The molecule has 2 aromatic rings. The first-order valence-corrected chi connectivity index (χ1v) is 13.4. The number of carboxylic acid groups (broad SMARTS) is 1. The summed E-state index contributed by atoms with van der Waals surface area (Å²) in [5.74, 6) is -2.04. The molecule has 38 heavy (non-hydrogen) atoms. The number of ether oxygens (including phenoxy) is 1. The minimum Gasteiger partial charge on any atom is -0.493 e. The highest BCUT2D eigenvalue weighted by Gasteiger charge is 2.39. The van der Waals surface area contributed by atoms with E-state index in [0.29, 0.717) is 17.4 Å². The van der Waals surface area contributed by atoms with Crippen molar-refractivity contribution in [3.63, 3.8) is 0 Å². The lowest BCUT2D eigenvalue weighted by Crippen LogP contribution is -2.55. The van der Waals surface area contributed by atoms with E-state index in [0.717, 1.165) is 42.8 Å². The minimum absolute atomic E-state index is 0.169. The maximum Gasteiger partial charge on any atom is 0.490 e. The predicted octanol–water partition coefficient (Wildman–Crippen LogP) is 3.00. The maximum absolute atomic E-state index is 11.6. The van der Waals surface area contributed by atoms with Gasteiger partial charge >= 0.3 is 18.2 Å². The molecular formula is C24H29F3N4O6S. The van der Waals surface area contributed by atoms with Crippen molar-refractivity contribution in [2.45, 2.75) is 36.6 Å². The van der Waals surface area contributed by atoms with Gasteiger partial charge in [0.15, 0.2) is 9.84 Å². The number of piperidine rings is 1. The Hall–Kier alpha value is -3.36. The molecule has 2 heterocycles. The molecule has 4 N–H and O–H groups in total. The highest BCUT2D eigenvalue weighted by molar-refractivity contribution is 7.90. The molecule has 4 rings (SSSR count). The summed E-state index contributed by atoms with van der Waals surface area (Å²) in [7, 11) is -3.19. The number of carbonyl (C=O) groups is 1. The van der Waals surface area contributed by atoms with Crippen molar-refractivity contribution < 1.29 is 41.1 Å². The average molecular weight is 559 g/mol. The number of benzene rings is 2. The van der Waals surface area contributed by atoms with Crippen LogP contribution in [0.4, 0.5) is 13.2 Å². The van der Waals surface area contributed by atoms with Crippen LogP contribution in [0, 0.1) is 5.92 Å². The van der Waals surface area contributed by atoms with Gasteiger partial charge in [-0.3, -0.25) is 4.90 Å². The van der Waals surface area contributed by atoms with Crippen LogP contribution in [-0.4, -0.2) is 68.3 Å². The number of nitrogens with zero attached hydrogens (tertiary/aromatic N) is 2. The van der Waals surface area contributed by atoms with E-state index in [1.807, 2.05) is 43.3 Å². The number of aliphatic carboxylic acids is 1. The van der Waals surface area contributed by atoms with Crippen LogP contribution in [0.1, 0.15) is 19.8 Å². The summed E-state index contributed by atoms with van der Waals surface area (Å²) in [5.41, 5.74) is 10.5. The van der Waals surface area contributed by atoms with Crippen LogP contribution in [0.15, 0.2) is 58.4 Å². The molecule has 0 aromatic heterocycles. The van der Waals surface area contributed by atoms with Crippen molar-refractivity contribution in [3.05, 3.63) is 48.5 Å². The number of halogens is 3. The van der Waals surface area contributed by atoms with Gasteiger partial charge in [-0.05, 0) is 61.1 Å². The summed E-state index contributed by atoms with van der Waals surface area (Å²) < 4.78 is 61.0. The van der Waals surface area contributed by atoms with Crippen LogP contribution in [0.5, 0.6) is 5.75 Å². The number of rotatable bonds is 6. The van der Waals surface area contributed by atoms with Crippen LogP contribution < -0.4 is 16.0 Å². The number of amidine groups is 1. The number of hydroxylamine groups is 1. The first kappa shape index (κ1) is 29.2. The van der Waals surface area contributed by atoms with Gasteiger partial charge in [-0.1, -0.05) is 24.3 Å². The van der Waals surface area contributed by atoms with E-state index in [-0.39, 0.29) is 6.02 Å². The predicted molar refractivity (Wildman–Crippen MR) is 133 cm³/mol. The normalized spacial score (nSPS) is 20.6. The number of sulfone groups is 1. The Kier molecular flexibility index (Phi) is 8.90. The number of nitrogens with one attached hydrogen (secondary N) is 1. The van der Waals surface area contributed by atoms with Crippen LogP contribution in [0.3, 0.4) is 0 Å². The number of likely N-dealkylation sites (tertiary alicyclic amines) is 1. The average Bonchev–Trinajstić information content (AvgIpc) is 3.22. The molecule has 2 aliphatic rings. The maximum atomic E-state index is 11.6. The van der Waals surface area contributed by atoms with Gasteiger partial charge in [0.25, 0.3) is 0 Å². The fraction of sp³-hybridized carbons (Fsp3) is 0.417. The lowest BCUT2D eigenvalue weighted by Gasteiger charge is -2.39. The molecule has 1 unspecified atom stereocenters. The van der Waals surface area contributed by atoms with Crippen molar-refractivity contribution in [1.29, 1.82) is 0 Å². The molecule has 1 saturated heterocycles. The molecule has 0 bridgehead atoms. The third-order valence-corrected chi connectivity index (χ3v) is 7.23. The molecular weight excluding hydrogens is 529 g/mol. The molecule has 0 saturated carbocycles. The summed E-state index contributed by atoms with van der Waals surface area (Å²) in [6, 6.07) is 15.0. The van der Waals surface area contributed by atoms with E-state index in [2.05, 4.69) is 15.4 Å². The number of alkyl halides is 3. The van der Waals surface area contributed by atoms with E-state index < -0.39 is 27.8 Å². The smallest absolute Gasteiger partial charge is 0.490 e. The number of aliphatic imine (C=N–C) groups is 1.